The molecule has 25 heteroatoms. The second kappa shape index (κ2) is 28.7. The number of hydrogen-bond donors (Lipinski definition) is 12. The zero-order chi connectivity index (χ0) is 52.0. The van der Waals surface area contributed by atoms with E-state index in [0.29, 0.717) is 12.0 Å². The summed E-state index contributed by atoms with van der Waals surface area (Å²) in [5, 5.41) is 29.7. The van der Waals surface area contributed by atoms with Crippen molar-refractivity contribution in [2.45, 2.75) is 128 Å². The Hall–Kier alpha value is -7.34. The molecule has 382 valence electrons. The lowest BCUT2D eigenvalue weighted by Crippen LogP contribution is -2.61. The summed E-state index contributed by atoms with van der Waals surface area (Å²) in [6.45, 7) is 5.88. The zero-order valence-electron chi connectivity index (χ0n) is 39.6. The molecule has 0 aromatic heterocycles. The maximum absolute atomic E-state index is 14.0. The summed E-state index contributed by atoms with van der Waals surface area (Å²) < 4.78 is 0. The number of benzene rings is 1. The molecule has 0 bridgehead atoms. The van der Waals surface area contributed by atoms with Crippen LogP contribution in [0.3, 0.4) is 0 Å². The van der Waals surface area contributed by atoms with Gasteiger partial charge in [0.25, 0.3) is 0 Å². The maximum Gasteiger partial charge on any atom is 0.246 e. The predicted molar refractivity (Wildman–Crippen MR) is 246 cm³/mol. The number of primary amides is 3. The molecule has 1 aliphatic heterocycles. The number of phenols is 1. The highest BCUT2D eigenvalue weighted by Gasteiger charge is 2.36. The lowest BCUT2D eigenvalue weighted by atomic mass is 9.96. The Labute approximate surface area is 399 Å². The fraction of sp³-hybridized carbons (Fsp3) is 0.591. The molecule has 7 atom stereocenters. The van der Waals surface area contributed by atoms with Crippen molar-refractivity contribution in [2.24, 2.45) is 29.0 Å². The SMILES string of the molecule is CC[C@H](C)[C@@H]1NC(=O)[C@H](Cc2ccc(O)cc2)NC(=O)CCC(=O)NC[C@@H](C(=O)N(C)CCCC(=O)N[C@@H](CC(C)C)C(=O)NCC(N)=O)NC(=O)[C@H](CC(N)=O)NC(=O)[C@H](CCC(N)=O)NC1=O. The molecule has 1 aromatic carbocycles. The minimum absolute atomic E-state index is 0.0246. The molecule has 2 rings (SSSR count). The van der Waals surface area contributed by atoms with Crippen LogP contribution in [0.2, 0.25) is 0 Å². The van der Waals surface area contributed by atoms with E-state index in [-0.39, 0.29) is 43.9 Å². The third kappa shape index (κ3) is 21.4. The van der Waals surface area contributed by atoms with Crippen LogP contribution in [0.5, 0.6) is 5.75 Å². The second-order valence-electron chi connectivity index (χ2n) is 17.3. The number of nitrogens with two attached hydrogens (primary N) is 3. The summed E-state index contributed by atoms with van der Waals surface area (Å²) in [6.07, 6.45) is -2.31. The van der Waals surface area contributed by atoms with Crippen molar-refractivity contribution in [2.75, 3.05) is 26.7 Å². The fourth-order valence-electron chi connectivity index (χ4n) is 6.92. The molecular formula is C44H68N12O13. The third-order valence-corrected chi connectivity index (χ3v) is 10.9. The van der Waals surface area contributed by atoms with Gasteiger partial charge in [-0.05, 0) is 48.8 Å². The van der Waals surface area contributed by atoms with Gasteiger partial charge >= 0.3 is 0 Å². The first-order chi connectivity index (χ1) is 32.4. The van der Waals surface area contributed by atoms with Crippen LogP contribution in [0.4, 0.5) is 0 Å². The van der Waals surface area contributed by atoms with Crippen molar-refractivity contribution in [3.8, 4) is 5.75 Å². The van der Waals surface area contributed by atoms with Crippen molar-refractivity contribution in [3.05, 3.63) is 29.8 Å². The summed E-state index contributed by atoms with van der Waals surface area (Å²) in [5.74, 6) is -10.8. The number of nitrogens with zero attached hydrogens (tertiary/aromatic N) is 1. The molecule has 0 saturated carbocycles. The molecule has 12 amide bonds. The van der Waals surface area contributed by atoms with Gasteiger partial charge in [-0.2, -0.15) is 0 Å². The first-order valence-electron chi connectivity index (χ1n) is 22.6. The molecule has 0 aliphatic carbocycles. The normalized spacial score (nSPS) is 20.8. The van der Waals surface area contributed by atoms with Gasteiger partial charge < -0.3 is 69.7 Å². The number of phenolic OH excluding ortho intramolecular Hbond substituents is 1. The molecule has 1 aromatic rings. The van der Waals surface area contributed by atoms with Crippen molar-refractivity contribution in [1.29, 1.82) is 0 Å². The summed E-state index contributed by atoms with van der Waals surface area (Å²) in [4.78, 5) is 158. The van der Waals surface area contributed by atoms with E-state index in [9.17, 15) is 62.6 Å². The average Bonchev–Trinajstić information content (AvgIpc) is 3.27. The maximum atomic E-state index is 14.0. The van der Waals surface area contributed by atoms with E-state index in [2.05, 4.69) is 42.5 Å². The Morgan fingerprint density at radius 1 is 0.754 bits per heavy atom. The lowest BCUT2D eigenvalue weighted by molar-refractivity contribution is -0.138. The third-order valence-electron chi connectivity index (χ3n) is 10.9. The van der Waals surface area contributed by atoms with Crippen LogP contribution in [0.25, 0.3) is 0 Å². The van der Waals surface area contributed by atoms with Gasteiger partial charge in [-0.1, -0.05) is 46.2 Å². The number of hydrogen-bond acceptors (Lipinski definition) is 13. The minimum Gasteiger partial charge on any atom is -0.508 e. The summed E-state index contributed by atoms with van der Waals surface area (Å²) in [6, 6.07) is -2.88. The van der Waals surface area contributed by atoms with E-state index in [1.54, 1.807) is 13.8 Å². The lowest BCUT2D eigenvalue weighted by Gasteiger charge is -2.29. The highest BCUT2D eigenvalue weighted by Crippen LogP contribution is 2.15. The van der Waals surface area contributed by atoms with E-state index in [0.717, 1.165) is 4.90 Å². The molecule has 0 unspecified atom stereocenters. The highest BCUT2D eigenvalue weighted by molar-refractivity contribution is 5.98. The van der Waals surface area contributed by atoms with E-state index < -0.39 is 158 Å². The summed E-state index contributed by atoms with van der Waals surface area (Å²) >= 11 is 0. The molecule has 1 fully saturated rings. The van der Waals surface area contributed by atoms with Crippen molar-refractivity contribution < 1.29 is 62.6 Å². The van der Waals surface area contributed by atoms with Gasteiger partial charge in [0.05, 0.1) is 13.0 Å². The molecule has 1 heterocycles. The second-order valence-corrected chi connectivity index (χ2v) is 17.3. The summed E-state index contributed by atoms with van der Waals surface area (Å²) in [7, 11) is 1.33. The number of carbonyl (C=O) groups is 12. The molecule has 15 N–H and O–H groups in total. The van der Waals surface area contributed by atoms with Gasteiger partial charge in [-0.25, -0.2) is 0 Å². The standard InChI is InChI=1S/C44H68N12O13/c1-6-24(4)38-43(68)52-27(13-14-32(45)58)40(65)53-30(20-33(46)59)41(66)54-31(44(69)56(5)17-7-8-36(62)50-28(18-23(2)3)39(64)49-22-34(47)60)21-48-35(61)15-16-37(63)51-29(42(67)55-38)19-25-9-11-26(57)12-10-25/h9-12,23-24,27-31,38,57H,6-8,13-22H2,1-5H3,(H2,45,58)(H2,46,59)(H2,47,60)(H,48,61)(H,49,64)(H,50,62)(H,51,63)(H,52,68)(H,53,65)(H,54,66)(H,55,67)/t24-,27-,28-,29-,30-,31-,38-/m0/s1. The van der Waals surface area contributed by atoms with Gasteiger partial charge in [-0.3, -0.25) is 57.5 Å². The number of nitrogens with one attached hydrogen (secondary N) is 8. The number of carbonyl (C=O) groups excluding carboxylic acids is 12. The van der Waals surface area contributed by atoms with Crippen molar-refractivity contribution >= 4 is 70.9 Å². The van der Waals surface area contributed by atoms with E-state index in [1.165, 1.54) is 31.3 Å². The molecule has 0 radical (unpaired) electrons. The number of likely N-dealkylation sites (N-methyl/N-ethyl adjacent to an activating group) is 1. The minimum atomic E-state index is -1.79. The van der Waals surface area contributed by atoms with Crippen LogP contribution < -0.4 is 59.7 Å². The van der Waals surface area contributed by atoms with Crippen molar-refractivity contribution in [3.63, 3.8) is 0 Å². The molecule has 25 nitrogen and oxygen atoms in total. The number of amides is 12. The average molecular weight is 973 g/mol. The molecule has 1 saturated heterocycles. The quantitative estimate of drug-likeness (QED) is 0.0591. The van der Waals surface area contributed by atoms with Gasteiger partial charge in [0.1, 0.15) is 42.0 Å². The number of rotatable bonds is 20. The smallest absolute Gasteiger partial charge is 0.246 e. The van der Waals surface area contributed by atoms with E-state index in [1.807, 2.05) is 13.8 Å². The Balaban J connectivity index is 2.50. The molecular weight excluding hydrogens is 905 g/mol. The van der Waals surface area contributed by atoms with Crippen LogP contribution in [0, 0.1) is 11.8 Å². The van der Waals surface area contributed by atoms with E-state index >= 15 is 0 Å². The van der Waals surface area contributed by atoms with Crippen LogP contribution in [0.15, 0.2) is 24.3 Å². The largest absolute Gasteiger partial charge is 0.508 e. The molecule has 69 heavy (non-hydrogen) atoms. The highest BCUT2D eigenvalue weighted by atomic mass is 16.3. The first-order valence-corrected chi connectivity index (χ1v) is 22.6. The van der Waals surface area contributed by atoms with Crippen LogP contribution >= 0.6 is 0 Å². The Morgan fingerprint density at radius 3 is 1.96 bits per heavy atom. The Bertz CT molecular complexity index is 2030. The Kier molecular flexibility index (Phi) is 24.1. The summed E-state index contributed by atoms with van der Waals surface area (Å²) in [5.41, 5.74) is 16.4. The van der Waals surface area contributed by atoms with Gasteiger partial charge in [-0.15, -0.1) is 0 Å². The molecule has 1 aliphatic rings. The predicted octanol–water partition coefficient (Wildman–Crippen LogP) is -4.17. The monoisotopic (exact) mass is 973 g/mol. The fourth-order valence-corrected chi connectivity index (χ4v) is 6.92. The van der Waals surface area contributed by atoms with Crippen molar-refractivity contribution in [1.82, 2.24) is 47.4 Å². The number of aromatic hydroxyl groups is 1. The van der Waals surface area contributed by atoms with Crippen LogP contribution in [-0.4, -0.2) is 144 Å². The topological polar surface area (TPSA) is 403 Å². The van der Waals surface area contributed by atoms with Crippen LogP contribution in [0.1, 0.15) is 91.0 Å². The zero-order valence-corrected chi connectivity index (χ0v) is 39.6. The van der Waals surface area contributed by atoms with E-state index in [4.69, 9.17) is 17.2 Å². The molecule has 0 spiro atoms. The van der Waals surface area contributed by atoms with Gasteiger partial charge in [0, 0.05) is 52.2 Å². The van der Waals surface area contributed by atoms with Crippen LogP contribution in [-0.2, 0) is 64.0 Å². The van der Waals surface area contributed by atoms with Gasteiger partial charge in [0.2, 0.25) is 70.9 Å². The Morgan fingerprint density at radius 2 is 1.36 bits per heavy atom. The first kappa shape index (κ1) is 57.8. The van der Waals surface area contributed by atoms with Gasteiger partial charge in [0.15, 0.2) is 0 Å².